The van der Waals surface area contributed by atoms with Crippen LogP contribution >= 0.6 is 0 Å². The highest BCUT2D eigenvalue weighted by Gasteiger charge is 2.17. The lowest BCUT2D eigenvalue weighted by Gasteiger charge is -2.15. The van der Waals surface area contributed by atoms with Crippen LogP contribution in [-0.4, -0.2) is 20.2 Å². The molecule has 118 valence electrons. The molecule has 0 atom stereocenters. The molecule has 0 fully saturated rings. The number of methoxy groups -OCH3 is 2. The average Bonchev–Trinajstić information content (AvgIpc) is 2.55. The van der Waals surface area contributed by atoms with Crippen LogP contribution in [0.1, 0.15) is 32.6 Å². The van der Waals surface area contributed by atoms with E-state index in [2.05, 4.69) is 6.92 Å². The summed E-state index contributed by atoms with van der Waals surface area (Å²) in [7, 11) is 3.16. The Balaban J connectivity index is 2.37. The monoisotopic (exact) mass is 302 g/mol. The maximum atomic E-state index is 12.0. The zero-order valence-corrected chi connectivity index (χ0v) is 13.3. The maximum absolute atomic E-state index is 12.0. The van der Waals surface area contributed by atoms with Gasteiger partial charge in [0.2, 0.25) is 0 Å². The number of rotatable bonds is 7. The molecule has 0 aliphatic heterocycles. The Bertz CT molecular complexity index is 649. The first-order valence-electron chi connectivity index (χ1n) is 7.55. The number of carbonyl (C=O) groups excluding carboxylic acids is 1. The summed E-state index contributed by atoms with van der Waals surface area (Å²) in [5.74, 6) is 1.42. The van der Waals surface area contributed by atoms with E-state index in [0.29, 0.717) is 23.7 Å². The van der Waals surface area contributed by atoms with Gasteiger partial charge in [-0.3, -0.25) is 4.79 Å². The first-order chi connectivity index (χ1) is 10.7. The molecule has 0 saturated heterocycles. The molecule has 0 unspecified atom stereocenters. The van der Waals surface area contributed by atoms with E-state index in [1.54, 1.807) is 20.3 Å². The Hall–Kier alpha value is -2.23. The van der Waals surface area contributed by atoms with Gasteiger partial charge < -0.3 is 14.2 Å². The van der Waals surface area contributed by atoms with E-state index < -0.39 is 0 Å². The van der Waals surface area contributed by atoms with Crippen molar-refractivity contribution in [2.45, 2.75) is 32.6 Å². The fraction of sp³-hybridized carbons (Fsp3) is 0.389. The van der Waals surface area contributed by atoms with Crippen LogP contribution in [0.15, 0.2) is 30.3 Å². The van der Waals surface area contributed by atoms with Gasteiger partial charge in [-0.1, -0.05) is 44.0 Å². The molecule has 0 N–H and O–H groups in total. The van der Waals surface area contributed by atoms with Crippen molar-refractivity contribution in [3.8, 4) is 17.2 Å². The van der Waals surface area contributed by atoms with Crippen LogP contribution in [0.4, 0.5) is 0 Å². The number of esters is 1. The normalized spacial score (nSPS) is 10.5. The second-order valence-corrected chi connectivity index (χ2v) is 5.09. The molecule has 2 aromatic rings. The predicted octanol–water partition coefficient (Wildman–Crippen LogP) is 4.34. The lowest BCUT2D eigenvalue weighted by molar-refractivity contribution is -0.134. The summed E-state index contributed by atoms with van der Waals surface area (Å²) in [6.07, 6.45) is 3.35. The number of benzene rings is 2. The van der Waals surface area contributed by atoms with Gasteiger partial charge in [-0.05, 0) is 6.42 Å². The van der Waals surface area contributed by atoms with E-state index in [4.69, 9.17) is 14.2 Å². The van der Waals surface area contributed by atoms with Crippen LogP contribution in [0.2, 0.25) is 0 Å². The van der Waals surface area contributed by atoms with Crippen molar-refractivity contribution in [1.29, 1.82) is 0 Å². The number of unbranched alkanes of at least 4 members (excludes halogenated alkanes) is 2. The SMILES string of the molecule is CCCCCC(=O)Oc1c(OC)cc(OC)c2ccccc12. The first kappa shape index (κ1) is 16.1. The van der Waals surface area contributed by atoms with Gasteiger partial charge in [-0.25, -0.2) is 0 Å². The minimum atomic E-state index is -0.234. The molecule has 0 aromatic heterocycles. The molecule has 4 heteroatoms. The summed E-state index contributed by atoms with van der Waals surface area (Å²) in [6, 6.07) is 9.40. The Labute approximate surface area is 131 Å². The van der Waals surface area contributed by atoms with Crippen LogP contribution in [0.3, 0.4) is 0 Å². The molecule has 0 amide bonds. The van der Waals surface area contributed by atoms with Gasteiger partial charge in [0.1, 0.15) is 5.75 Å². The smallest absolute Gasteiger partial charge is 0.311 e. The zero-order valence-electron chi connectivity index (χ0n) is 13.3. The molecule has 0 radical (unpaired) electrons. The summed E-state index contributed by atoms with van der Waals surface area (Å²) in [6.45, 7) is 2.10. The summed E-state index contributed by atoms with van der Waals surface area (Å²) >= 11 is 0. The number of hydrogen-bond donors (Lipinski definition) is 0. The zero-order chi connectivity index (χ0) is 15.9. The van der Waals surface area contributed by atoms with Crippen molar-refractivity contribution in [2.75, 3.05) is 14.2 Å². The highest BCUT2D eigenvalue weighted by atomic mass is 16.6. The number of carbonyl (C=O) groups is 1. The van der Waals surface area contributed by atoms with Gasteiger partial charge in [0.25, 0.3) is 0 Å². The Morgan fingerprint density at radius 1 is 1.00 bits per heavy atom. The van der Waals surface area contributed by atoms with Crippen LogP contribution in [0.5, 0.6) is 17.2 Å². The van der Waals surface area contributed by atoms with Crippen molar-refractivity contribution in [3.05, 3.63) is 30.3 Å². The molecule has 0 aliphatic carbocycles. The average molecular weight is 302 g/mol. The van der Waals surface area contributed by atoms with E-state index >= 15 is 0 Å². The maximum Gasteiger partial charge on any atom is 0.311 e. The van der Waals surface area contributed by atoms with E-state index in [0.717, 1.165) is 30.0 Å². The fourth-order valence-corrected chi connectivity index (χ4v) is 2.40. The molecule has 0 saturated carbocycles. The topological polar surface area (TPSA) is 44.8 Å². The molecular weight excluding hydrogens is 280 g/mol. The molecule has 22 heavy (non-hydrogen) atoms. The second kappa shape index (κ2) is 7.69. The van der Waals surface area contributed by atoms with Crippen LogP contribution in [-0.2, 0) is 4.79 Å². The van der Waals surface area contributed by atoms with Gasteiger partial charge in [0.05, 0.1) is 14.2 Å². The van der Waals surface area contributed by atoms with Crippen LogP contribution in [0, 0.1) is 0 Å². The predicted molar refractivity (Wildman–Crippen MR) is 86.8 cm³/mol. The molecule has 0 heterocycles. The van der Waals surface area contributed by atoms with Gasteiger partial charge in [0.15, 0.2) is 11.5 Å². The number of ether oxygens (including phenoxy) is 3. The molecule has 0 bridgehead atoms. The second-order valence-electron chi connectivity index (χ2n) is 5.09. The number of hydrogen-bond acceptors (Lipinski definition) is 4. The molecular formula is C18H22O4. The largest absolute Gasteiger partial charge is 0.496 e. The fourth-order valence-electron chi connectivity index (χ4n) is 2.40. The minimum Gasteiger partial charge on any atom is -0.496 e. The lowest BCUT2D eigenvalue weighted by atomic mass is 10.1. The molecule has 4 nitrogen and oxygen atoms in total. The Morgan fingerprint density at radius 2 is 1.68 bits per heavy atom. The third-order valence-electron chi connectivity index (χ3n) is 3.56. The third-order valence-corrected chi connectivity index (χ3v) is 3.56. The standard InChI is InChI=1S/C18H22O4/c1-4-5-6-11-17(19)22-18-14-10-8-7-9-13(14)15(20-2)12-16(18)21-3/h7-10,12H,4-6,11H2,1-3H3. The summed E-state index contributed by atoms with van der Waals surface area (Å²) < 4.78 is 16.3. The molecule has 0 spiro atoms. The summed E-state index contributed by atoms with van der Waals surface area (Å²) in [4.78, 5) is 12.0. The van der Waals surface area contributed by atoms with Crippen molar-refractivity contribution < 1.29 is 19.0 Å². The van der Waals surface area contributed by atoms with Gasteiger partial charge >= 0.3 is 5.97 Å². The minimum absolute atomic E-state index is 0.234. The van der Waals surface area contributed by atoms with E-state index in [1.165, 1.54) is 0 Å². The Morgan fingerprint density at radius 3 is 2.32 bits per heavy atom. The Kier molecular flexibility index (Phi) is 5.64. The van der Waals surface area contributed by atoms with Gasteiger partial charge in [0, 0.05) is 23.3 Å². The molecule has 0 aliphatic rings. The van der Waals surface area contributed by atoms with Crippen molar-refractivity contribution >= 4 is 16.7 Å². The summed E-state index contributed by atoms with van der Waals surface area (Å²) in [5.41, 5.74) is 0. The third kappa shape index (κ3) is 3.50. The van der Waals surface area contributed by atoms with Gasteiger partial charge in [-0.2, -0.15) is 0 Å². The highest BCUT2D eigenvalue weighted by molar-refractivity contribution is 5.97. The van der Waals surface area contributed by atoms with E-state index in [9.17, 15) is 4.79 Å². The molecule has 2 rings (SSSR count). The first-order valence-corrected chi connectivity index (χ1v) is 7.55. The van der Waals surface area contributed by atoms with Crippen molar-refractivity contribution in [3.63, 3.8) is 0 Å². The van der Waals surface area contributed by atoms with Crippen LogP contribution < -0.4 is 14.2 Å². The highest BCUT2D eigenvalue weighted by Crippen LogP contribution is 2.41. The van der Waals surface area contributed by atoms with Crippen LogP contribution in [0.25, 0.3) is 10.8 Å². The van der Waals surface area contributed by atoms with Crippen molar-refractivity contribution in [1.82, 2.24) is 0 Å². The van der Waals surface area contributed by atoms with E-state index in [1.807, 2.05) is 24.3 Å². The summed E-state index contributed by atoms with van der Waals surface area (Å²) in [5, 5.41) is 1.70. The van der Waals surface area contributed by atoms with Crippen molar-refractivity contribution in [2.24, 2.45) is 0 Å². The quantitative estimate of drug-likeness (QED) is 0.433. The van der Waals surface area contributed by atoms with Gasteiger partial charge in [-0.15, -0.1) is 0 Å². The van der Waals surface area contributed by atoms with E-state index in [-0.39, 0.29) is 5.97 Å². The molecule has 2 aromatic carbocycles. The lowest BCUT2D eigenvalue weighted by Crippen LogP contribution is -2.09. The number of fused-ring (bicyclic) bond motifs is 1.